The molecule has 0 amide bonds. The van der Waals surface area contributed by atoms with Gasteiger partial charge < -0.3 is 4.57 Å². The molecule has 4 rings (SSSR count). The number of Topliss-reactive ketones (excluding diaryl/α,β-unsaturated/α-hetero) is 1. The van der Waals surface area contributed by atoms with Crippen LogP contribution >= 0.6 is 23.1 Å². The van der Waals surface area contributed by atoms with Crippen molar-refractivity contribution in [3.8, 4) is 0 Å². The molecule has 6 heteroatoms. The Bertz CT molecular complexity index is 866. The molecule has 0 atom stereocenters. The van der Waals surface area contributed by atoms with Crippen molar-refractivity contribution in [2.24, 2.45) is 7.05 Å². The highest BCUT2D eigenvalue weighted by Gasteiger charge is 2.21. The van der Waals surface area contributed by atoms with Gasteiger partial charge in [0.05, 0.1) is 11.4 Å². The van der Waals surface area contributed by atoms with Gasteiger partial charge in [0.1, 0.15) is 16.2 Å². The molecule has 0 aliphatic heterocycles. The molecule has 0 aromatic carbocycles. The Morgan fingerprint density at radius 3 is 3.14 bits per heavy atom. The Kier molecular flexibility index (Phi) is 3.50. The number of aromatic nitrogens is 3. The molecule has 0 saturated heterocycles. The average molecular weight is 329 g/mol. The molecule has 1 aliphatic carbocycles. The molecule has 3 aromatic rings. The van der Waals surface area contributed by atoms with Gasteiger partial charge in [0.2, 0.25) is 0 Å². The van der Waals surface area contributed by atoms with Crippen LogP contribution in [0.5, 0.6) is 0 Å². The van der Waals surface area contributed by atoms with Crippen LogP contribution in [0.2, 0.25) is 0 Å². The number of thiophene rings is 1. The normalized spacial score (nSPS) is 13.7. The molecule has 0 fully saturated rings. The molecule has 0 spiro atoms. The van der Waals surface area contributed by atoms with E-state index >= 15 is 0 Å². The monoisotopic (exact) mass is 329 g/mol. The molecule has 112 valence electrons. The van der Waals surface area contributed by atoms with Crippen molar-refractivity contribution in [1.82, 2.24) is 14.5 Å². The summed E-state index contributed by atoms with van der Waals surface area (Å²) >= 11 is 3.31. The third-order valence-electron chi connectivity index (χ3n) is 4.04. The third-order valence-corrected chi connectivity index (χ3v) is 6.23. The number of thioether (sulfide) groups is 1. The van der Waals surface area contributed by atoms with Gasteiger partial charge in [-0.25, -0.2) is 9.97 Å². The molecule has 0 unspecified atom stereocenters. The van der Waals surface area contributed by atoms with E-state index in [-0.39, 0.29) is 5.78 Å². The van der Waals surface area contributed by atoms with Gasteiger partial charge >= 0.3 is 0 Å². The van der Waals surface area contributed by atoms with Crippen LogP contribution in [0, 0.1) is 0 Å². The van der Waals surface area contributed by atoms with Crippen molar-refractivity contribution < 1.29 is 4.79 Å². The highest BCUT2D eigenvalue weighted by atomic mass is 32.2. The van der Waals surface area contributed by atoms with Gasteiger partial charge in [-0.1, -0.05) is 11.8 Å². The molecular formula is C16H15N3OS2. The van der Waals surface area contributed by atoms with E-state index in [2.05, 4.69) is 9.97 Å². The standard InChI is InChI=1S/C16H15N3OS2/c1-19-7-3-5-11(19)12(20)8-21-15-14-10-4-2-6-13(10)22-16(14)18-9-17-15/h3,5,7,9H,2,4,6,8H2,1H3. The van der Waals surface area contributed by atoms with Gasteiger partial charge in [0, 0.05) is 23.5 Å². The van der Waals surface area contributed by atoms with E-state index in [0.717, 1.165) is 28.4 Å². The first kappa shape index (κ1) is 14.0. The second kappa shape index (κ2) is 5.52. The third kappa shape index (κ3) is 2.27. The first-order valence-electron chi connectivity index (χ1n) is 7.26. The number of aryl methyl sites for hydroxylation is 3. The van der Waals surface area contributed by atoms with Gasteiger partial charge in [0.15, 0.2) is 5.78 Å². The van der Waals surface area contributed by atoms with Crippen LogP contribution in [0.4, 0.5) is 0 Å². The summed E-state index contributed by atoms with van der Waals surface area (Å²) in [5.74, 6) is 0.547. The maximum absolute atomic E-state index is 12.3. The van der Waals surface area contributed by atoms with Crippen molar-refractivity contribution in [3.05, 3.63) is 40.8 Å². The number of rotatable bonds is 4. The van der Waals surface area contributed by atoms with Crippen molar-refractivity contribution in [1.29, 1.82) is 0 Å². The number of hydrogen-bond acceptors (Lipinski definition) is 5. The topological polar surface area (TPSA) is 47.8 Å². The Morgan fingerprint density at radius 1 is 1.41 bits per heavy atom. The number of nitrogens with zero attached hydrogens (tertiary/aromatic N) is 3. The zero-order valence-electron chi connectivity index (χ0n) is 12.2. The van der Waals surface area contributed by atoms with Crippen LogP contribution in [-0.4, -0.2) is 26.1 Å². The number of hydrogen-bond donors (Lipinski definition) is 0. The summed E-state index contributed by atoms with van der Waals surface area (Å²) in [5, 5.41) is 2.14. The SMILES string of the molecule is Cn1cccc1C(=O)CSc1ncnc2sc3c(c12)CCC3. The maximum Gasteiger partial charge on any atom is 0.189 e. The van der Waals surface area contributed by atoms with Crippen LogP contribution in [0.1, 0.15) is 27.3 Å². The van der Waals surface area contributed by atoms with Gasteiger partial charge in [0.25, 0.3) is 0 Å². The van der Waals surface area contributed by atoms with Crippen LogP contribution in [0.3, 0.4) is 0 Å². The number of carbonyl (C=O) groups is 1. The first-order chi connectivity index (χ1) is 10.7. The maximum atomic E-state index is 12.3. The zero-order valence-corrected chi connectivity index (χ0v) is 13.8. The largest absolute Gasteiger partial charge is 0.348 e. The number of fused-ring (bicyclic) bond motifs is 3. The first-order valence-corrected chi connectivity index (χ1v) is 9.07. The molecule has 0 bridgehead atoms. The minimum atomic E-state index is 0.135. The van der Waals surface area contributed by atoms with Crippen LogP contribution in [0.15, 0.2) is 29.7 Å². The smallest absolute Gasteiger partial charge is 0.189 e. The lowest BCUT2D eigenvalue weighted by Crippen LogP contribution is -2.07. The number of ketones is 1. The Labute approximate surface area is 136 Å². The Hall–Kier alpha value is -1.66. The van der Waals surface area contributed by atoms with E-state index in [0.29, 0.717) is 5.75 Å². The van der Waals surface area contributed by atoms with E-state index in [1.165, 1.54) is 34.0 Å². The van der Waals surface area contributed by atoms with E-state index in [1.54, 1.807) is 17.7 Å². The van der Waals surface area contributed by atoms with Gasteiger partial charge in [-0.3, -0.25) is 4.79 Å². The summed E-state index contributed by atoms with van der Waals surface area (Å²) in [6, 6.07) is 3.76. The molecular weight excluding hydrogens is 314 g/mol. The summed E-state index contributed by atoms with van der Waals surface area (Å²) in [5.41, 5.74) is 2.16. The highest BCUT2D eigenvalue weighted by molar-refractivity contribution is 8.00. The van der Waals surface area contributed by atoms with E-state index in [1.807, 2.05) is 29.9 Å². The van der Waals surface area contributed by atoms with Crippen molar-refractivity contribution in [2.45, 2.75) is 24.3 Å². The molecule has 3 heterocycles. The second-order valence-corrected chi connectivity index (χ2v) is 7.48. The van der Waals surface area contributed by atoms with Gasteiger partial charge in [-0.2, -0.15) is 0 Å². The Morgan fingerprint density at radius 2 is 2.32 bits per heavy atom. The highest BCUT2D eigenvalue weighted by Crippen LogP contribution is 2.40. The lowest BCUT2D eigenvalue weighted by atomic mass is 10.2. The lowest BCUT2D eigenvalue weighted by Gasteiger charge is -2.04. The second-order valence-electron chi connectivity index (χ2n) is 5.43. The molecule has 0 saturated carbocycles. The Balaban J connectivity index is 1.62. The van der Waals surface area contributed by atoms with Crippen molar-refractivity contribution in [2.75, 3.05) is 5.75 Å². The van der Waals surface area contributed by atoms with E-state index in [9.17, 15) is 4.79 Å². The van der Waals surface area contributed by atoms with Gasteiger partial charge in [-0.15, -0.1) is 11.3 Å². The van der Waals surface area contributed by atoms with Crippen molar-refractivity contribution >= 4 is 39.1 Å². The quantitative estimate of drug-likeness (QED) is 0.418. The predicted octanol–water partition coefficient (Wildman–Crippen LogP) is 3.49. The van der Waals surface area contributed by atoms with E-state index in [4.69, 9.17) is 0 Å². The minimum Gasteiger partial charge on any atom is -0.348 e. The fourth-order valence-electron chi connectivity index (χ4n) is 2.97. The fraction of sp³-hybridized carbons (Fsp3) is 0.312. The fourth-order valence-corrected chi connectivity index (χ4v) is 5.16. The summed E-state index contributed by atoms with van der Waals surface area (Å²) < 4.78 is 1.86. The predicted molar refractivity (Wildman–Crippen MR) is 89.9 cm³/mol. The summed E-state index contributed by atoms with van der Waals surface area (Å²) in [4.78, 5) is 23.7. The summed E-state index contributed by atoms with van der Waals surface area (Å²) in [6.07, 6.45) is 7.00. The lowest BCUT2D eigenvalue weighted by molar-refractivity contribution is 0.101. The van der Waals surface area contributed by atoms with Crippen LogP contribution in [0.25, 0.3) is 10.2 Å². The number of carbonyl (C=O) groups excluding carboxylic acids is 1. The molecule has 22 heavy (non-hydrogen) atoms. The molecule has 0 radical (unpaired) electrons. The minimum absolute atomic E-state index is 0.135. The molecule has 4 nitrogen and oxygen atoms in total. The van der Waals surface area contributed by atoms with E-state index < -0.39 is 0 Å². The summed E-state index contributed by atoms with van der Waals surface area (Å²) in [6.45, 7) is 0. The molecule has 1 aliphatic rings. The van der Waals surface area contributed by atoms with Crippen LogP contribution < -0.4 is 0 Å². The van der Waals surface area contributed by atoms with Crippen LogP contribution in [-0.2, 0) is 19.9 Å². The van der Waals surface area contributed by atoms with Crippen molar-refractivity contribution in [3.63, 3.8) is 0 Å². The summed E-state index contributed by atoms with van der Waals surface area (Å²) in [7, 11) is 1.90. The molecule has 0 N–H and O–H groups in total. The molecule has 3 aromatic heterocycles. The average Bonchev–Trinajstić information content (AvgIpc) is 3.19. The zero-order chi connectivity index (χ0) is 15.1. The van der Waals surface area contributed by atoms with Gasteiger partial charge in [-0.05, 0) is 37.0 Å².